The first-order chi connectivity index (χ1) is 13.1. The van der Waals surface area contributed by atoms with Gasteiger partial charge in [-0.25, -0.2) is 0 Å². The smallest absolute Gasteiger partial charge is 0.279 e. The first-order valence-electron chi connectivity index (χ1n) is 8.88. The molecule has 0 aliphatic rings. The van der Waals surface area contributed by atoms with Crippen molar-refractivity contribution in [3.63, 3.8) is 0 Å². The molecule has 27 heavy (non-hydrogen) atoms. The second-order valence-electron chi connectivity index (χ2n) is 6.24. The summed E-state index contributed by atoms with van der Waals surface area (Å²) in [6, 6.07) is 17.7. The van der Waals surface area contributed by atoms with Crippen molar-refractivity contribution in [1.29, 1.82) is 0 Å². The summed E-state index contributed by atoms with van der Waals surface area (Å²) in [6.07, 6.45) is 1.24. The standard InChI is InChI=1S/C21H22N2O3S/c1-15(26-18-12-11-16-6-2-3-7-17(16)14-18)21(25)23-22-20(24)10-4-8-19-9-5-13-27-19/h2-3,5-7,9,11-15H,4,8,10H2,1H3,(H,22,24)(H,23,25). The van der Waals surface area contributed by atoms with E-state index in [-0.39, 0.29) is 5.91 Å². The van der Waals surface area contributed by atoms with Gasteiger partial charge in [-0.3, -0.25) is 20.4 Å². The van der Waals surface area contributed by atoms with Crippen LogP contribution >= 0.6 is 11.3 Å². The third-order valence-corrected chi connectivity index (χ3v) is 5.07. The number of carbonyl (C=O) groups is 2. The number of ether oxygens (including phenoxy) is 1. The molecule has 0 aliphatic heterocycles. The summed E-state index contributed by atoms with van der Waals surface area (Å²) in [5, 5.41) is 4.17. The Morgan fingerprint density at radius 2 is 1.85 bits per heavy atom. The quantitative estimate of drug-likeness (QED) is 0.610. The fourth-order valence-electron chi connectivity index (χ4n) is 2.67. The van der Waals surface area contributed by atoms with Crippen LogP contribution in [0.3, 0.4) is 0 Å². The monoisotopic (exact) mass is 382 g/mol. The van der Waals surface area contributed by atoms with Crippen molar-refractivity contribution in [3.05, 3.63) is 64.9 Å². The molecule has 3 rings (SSSR count). The van der Waals surface area contributed by atoms with Gasteiger partial charge in [-0.2, -0.15) is 0 Å². The van der Waals surface area contributed by atoms with Gasteiger partial charge in [-0.15, -0.1) is 11.3 Å². The number of hydrazine groups is 1. The number of hydrogen-bond acceptors (Lipinski definition) is 4. The second-order valence-corrected chi connectivity index (χ2v) is 7.27. The van der Waals surface area contributed by atoms with Crippen LogP contribution in [0.2, 0.25) is 0 Å². The zero-order valence-corrected chi connectivity index (χ0v) is 15.9. The zero-order chi connectivity index (χ0) is 19.1. The van der Waals surface area contributed by atoms with Crippen molar-refractivity contribution < 1.29 is 14.3 Å². The highest BCUT2D eigenvalue weighted by molar-refractivity contribution is 7.09. The van der Waals surface area contributed by atoms with Crippen LogP contribution in [0.15, 0.2) is 60.0 Å². The third-order valence-electron chi connectivity index (χ3n) is 4.14. The average molecular weight is 382 g/mol. The Labute approximate surface area is 162 Å². The lowest BCUT2D eigenvalue weighted by atomic mass is 10.1. The number of aryl methyl sites for hydroxylation is 1. The van der Waals surface area contributed by atoms with Crippen molar-refractivity contribution in [3.8, 4) is 5.75 Å². The number of fused-ring (bicyclic) bond motifs is 1. The van der Waals surface area contributed by atoms with Gasteiger partial charge in [0.2, 0.25) is 5.91 Å². The minimum atomic E-state index is -0.724. The Morgan fingerprint density at radius 1 is 1.04 bits per heavy atom. The van der Waals surface area contributed by atoms with Crippen LogP contribution in [0.4, 0.5) is 0 Å². The van der Waals surface area contributed by atoms with Gasteiger partial charge in [0, 0.05) is 11.3 Å². The van der Waals surface area contributed by atoms with Gasteiger partial charge in [0.05, 0.1) is 0 Å². The maximum atomic E-state index is 12.1. The summed E-state index contributed by atoms with van der Waals surface area (Å²) in [5.41, 5.74) is 4.87. The molecule has 1 heterocycles. The Balaban J connectivity index is 1.42. The van der Waals surface area contributed by atoms with Gasteiger partial charge in [0.15, 0.2) is 6.10 Å². The van der Waals surface area contributed by atoms with E-state index in [1.807, 2.05) is 53.9 Å². The molecule has 1 atom stereocenters. The van der Waals surface area contributed by atoms with Crippen LogP contribution < -0.4 is 15.6 Å². The molecular weight excluding hydrogens is 360 g/mol. The summed E-state index contributed by atoms with van der Waals surface area (Å²) in [7, 11) is 0. The first kappa shape index (κ1) is 18.9. The maximum absolute atomic E-state index is 12.1. The minimum absolute atomic E-state index is 0.210. The second kappa shape index (κ2) is 9.19. The normalized spacial score (nSPS) is 11.7. The van der Waals surface area contributed by atoms with E-state index in [0.717, 1.165) is 23.6 Å². The lowest BCUT2D eigenvalue weighted by Gasteiger charge is -2.15. The van der Waals surface area contributed by atoms with E-state index in [2.05, 4.69) is 16.9 Å². The molecule has 1 aromatic heterocycles. The molecule has 3 aromatic rings. The van der Waals surface area contributed by atoms with Crippen LogP contribution in [0, 0.1) is 0 Å². The summed E-state index contributed by atoms with van der Waals surface area (Å²) in [6.45, 7) is 1.65. The van der Waals surface area contributed by atoms with E-state index in [4.69, 9.17) is 4.74 Å². The van der Waals surface area contributed by atoms with Gasteiger partial charge in [-0.1, -0.05) is 36.4 Å². The molecule has 0 saturated carbocycles. The molecule has 6 heteroatoms. The predicted molar refractivity (Wildman–Crippen MR) is 108 cm³/mol. The van der Waals surface area contributed by atoms with Crippen molar-refractivity contribution in [1.82, 2.24) is 10.9 Å². The van der Waals surface area contributed by atoms with Gasteiger partial charge in [0.25, 0.3) is 5.91 Å². The molecule has 0 aliphatic carbocycles. The van der Waals surface area contributed by atoms with Crippen molar-refractivity contribution in [2.75, 3.05) is 0 Å². The summed E-state index contributed by atoms with van der Waals surface area (Å²) in [5.74, 6) is 0.00574. The molecule has 0 saturated heterocycles. The average Bonchev–Trinajstić information content (AvgIpc) is 3.19. The maximum Gasteiger partial charge on any atom is 0.279 e. The lowest BCUT2D eigenvalue weighted by molar-refractivity contribution is -0.132. The van der Waals surface area contributed by atoms with E-state index in [1.54, 1.807) is 18.3 Å². The number of rotatable bonds is 7. The molecule has 0 radical (unpaired) electrons. The van der Waals surface area contributed by atoms with Gasteiger partial charge < -0.3 is 4.74 Å². The van der Waals surface area contributed by atoms with Gasteiger partial charge >= 0.3 is 0 Å². The molecule has 5 nitrogen and oxygen atoms in total. The molecule has 0 spiro atoms. The summed E-state index contributed by atoms with van der Waals surface area (Å²) >= 11 is 1.68. The van der Waals surface area contributed by atoms with E-state index in [9.17, 15) is 9.59 Å². The van der Waals surface area contributed by atoms with Crippen molar-refractivity contribution in [2.24, 2.45) is 0 Å². The van der Waals surface area contributed by atoms with Crippen LogP contribution in [-0.4, -0.2) is 17.9 Å². The number of amides is 2. The Hall–Kier alpha value is -2.86. The molecular formula is C21H22N2O3S. The number of hydrogen-bond donors (Lipinski definition) is 2. The zero-order valence-electron chi connectivity index (χ0n) is 15.1. The fraction of sp³-hybridized carbons (Fsp3) is 0.238. The van der Waals surface area contributed by atoms with Crippen molar-refractivity contribution >= 4 is 33.9 Å². The molecule has 2 amide bonds. The highest BCUT2D eigenvalue weighted by Crippen LogP contribution is 2.21. The van der Waals surface area contributed by atoms with E-state index in [0.29, 0.717) is 12.2 Å². The molecule has 1 unspecified atom stereocenters. The lowest BCUT2D eigenvalue weighted by Crippen LogP contribution is -2.47. The first-order valence-corrected chi connectivity index (χ1v) is 9.76. The highest BCUT2D eigenvalue weighted by atomic mass is 32.1. The minimum Gasteiger partial charge on any atom is -0.481 e. The molecule has 2 aromatic carbocycles. The SMILES string of the molecule is CC(Oc1ccc2ccccc2c1)C(=O)NNC(=O)CCCc1cccs1. The van der Waals surface area contributed by atoms with Crippen LogP contribution in [0.5, 0.6) is 5.75 Å². The topological polar surface area (TPSA) is 67.4 Å². The number of benzene rings is 2. The third kappa shape index (κ3) is 5.56. The summed E-state index contributed by atoms with van der Waals surface area (Å²) < 4.78 is 5.68. The number of nitrogens with one attached hydrogen (secondary N) is 2. The Morgan fingerprint density at radius 3 is 2.63 bits per heavy atom. The highest BCUT2D eigenvalue weighted by Gasteiger charge is 2.15. The molecule has 2 N–H and O–H groups in total. The van der Waals surface area contributed by atoms with Crippen LogP contribution in [0.1, 0.15) is 24.6 Å². The van der Waals surface area contributed by atoms with E-state index in [1.165, 1.54) is 4.88 Å². The van der Waals surface area contributed by atoms with Gasteiger partial charge in [0.1, 0.15) is 5.75 Å². The van der Waals surface area contributed by atoms with Gasteiger partial charge in [-0.05, 0) is 54.1 Å². The molecule has 0 fully saturated rings. The Kier molecular flexibility index (Phi) is 6.44. The summed E-state index contributed by atoms with van der Waals surface area (Å²) in [4.78, 5) is 25.2. The molecule has 140 valence electrons. The van der Waals surface area contributed by atoms with Crippen LogP contribution in [0.25, 0.3) is 10.8 Å². The Bertz CT molecular complexity index is 909. The van der Waals surface area contributed by atoms with Crippen LogP contribution in [-0.2, 0) is 16.0 Å². The predicted octanol–water partition coefficient (Wildman–Crippen LogP) is 3.84. The number of carbonyl (C=O) groups excluding carboxylic acids is 2. The van der Waals surface area contributed by atoms with Crippen molar-refractivity contribution in [2.45, 2.75) is 32.3 Å². The molecule has 0 bridgehead atoms. The largest absolute Gasteiger partial charge is 0.481 e. The fourth-order valence-corrected chi connectivity index (χ4v) is 3.42. The van der Waals surface area contributed by atoms with E-state index >= 15 is 0 Å². The van der Waals surface area contributed by atoms with E-state index < -0.39 is 12.0 Å². The number of thiophene rings is 1.